The number of hydrogen-bond acceptors (Lipinski definition) is 0. The van der Waals surface area contributed by atoms with Gasteiger partial charge in [0.1, 0.15) is 0 Å². The van der Waals surface area contributed by atoms with E-state index in [2.05, 4.69) is 20.8 Å². The Hall–Kier alpha value is 0. The molecule has 10 aliphatic carbocycles. The van der Waals surface area contributed by atoms with Crippen LogP contribution in [0.15, 0.2) is 0 Å². The second kappa shape index (κ2) is 14.8. The molecule has 0 heteroatoms. The average molecular weight is 697 g/mol. The Labute approximate surface area is 317 Å². The van der Waals surface area contributed by atoms with Crippen molar-refractivity contribution in [2.45, 2.75) is 194 Å². The molecule has 0 aromatic rings. The molecule has 0 amide bonds. The zero-order valence-electron chi connectivity index (χ0n) is 34.2. The van der Waals surface area contributed by atoms with Crippen LogP contribution in [-0.4, -0.2) is 0 Å². The quantitative estimate of drug-likeness (QED) is 0.276. The predicted octanol–water partition coefficient (Wildman–Crippen LogP) is 14.7. The molecule has 10 fully saturated rings. The molecule has 19 unspecified atom stereocenters. The van der Waals surface area contributed by atoms with Crippen molar-refractivity contribution in [2.24, 2.45) is 124 Å². The minimum absolute atomic E-state index is 0.972. The van der Waals surface area contributed by atoms with Gasteiger partial charge in [-0.2, -0.15) is 0 Å². The summed E-state index contributed by atoms with van der Waals surface area (Å²) in [4.78, 5) is 0. The van der Waals surface area contributed by atoms with Crippen molar-refractivity contribution in [1.82, 2.24) is 0 Å². The summed E-state index contributed by atoms with van der Waals surface area (Å²) in [5.41, 5.74) is 0. The highest BCUT2D eigenvalue weighted by Crippen LogP contribution is 2.66. The van der Waals surface area contributed by atoms with E-state index in [0.29, 0.717) is 0 Å². The van der Waals surface area contributed by atoms with Gasteiger partial charge in [-0.25, -0.2) is 0 Å². The van der Waals surface area contributed by atoms with E-state index in [-0.39, 0.29) is 0 Å². The highest BCUT2D eigenvalue weighted by molar-refractivity contribution is 5.08. The molecule has 288 valence electrons. The van der Waals surface area contributed by atoms with Gasteiger partial charge in [-0.1, -0.05) is 104 Å². The van der Waals surface area contributed by atoms with Gasteiger partial charge in [-0.15, -0.1) is 0 Å². The average Bonchev–Trinajstić information content (AvgIpc) is 3.18. The molecule has 10 aliphatic rings. The summed E-state index contributed by atoms with van der Waals surface area (Å²) in [6, 6.07) is 0. The Morgan fingerprint density at radius 2 is 0.510 bits per heavy atom. The Bertz CT molecular complexity index is 1100. The van der Waals surface area contributed by atoms with Gasteiger partial charge in [0.25, 0.3) is 0 Å². The van der Waals surface area contributed by atoms with E-state index in [9.17, 15) is 0 Å². The van der Waals surface area contributed by atoms with E-state index in [0.717, 1.165) is 124 Å². The summed E-state index contributed by atoms with van der Waals surface area (Å²) in [5, 5.41) is 0. The lowest BCUT2D eigenvalue weighted by molar-refractivity contribution is -0.153. The van der Waals surface area contributed by atoms with Crippen LogP contribution in [0, 0.1) is 124 Å². The van der Waals surface area contributed by atoms with E-state index >= 15 is 0 Å². The molecule has 0 spiro atoms. The Morgan fingerprint density at radius 1 is 0.216 bits per heavy atom. The molecule has 0 radical (unpaired) electrons. The lowest BCUT2D eigenvalue weighted by atomic mass is 9.41. The molecule has 0 nitrogen and oxygen atoms in total. The monoisotopic (exact) mass is 697 g/mol. The minimum atomic E-state index is 0.972. The largest absolute Gasteiger partial charge is 0.0619 e. The van der Waals surface area contributed by atoms with Crippen LogP contribution in [0.4, 0.5) is 0 Å². The SMILES string of the molecule is CC1C(C2CCCC3C4CCCCC4CCC32)C(C)C(C2CC3CCCCC3C3CCCCC32)C(C)C1C1CCCC2C3CCCCC3CCC21. The molecule has 10 rings (SSSR count). The lowest BCUT2D eigenvalue weighted by Gasteiger charge is -2.64. The van der Waals surface area contributed by atoms with E-state index in [1.165, 1.54) is 0 Å². The first-order valence-corrected chi connectivity index (χ1v) is 25.1. The molecule has 0 aromatic carbocycles. The first kappa shape index (κ1) is 35.4. The molecule has 0 bridgehead atoms. The van der Waals surface area contributed by atoms with Crippen LogP contribution in [-0.2, 0) is 0 Å². The van der Waals surface area contributed by atoms with Gasteiger partial charge in [0.2, 0.25) is 0 Å². The standard InChI is InChI=1S/C51H84/c1-31-49(46-24-12-22-41-37-17-7-4-14-34(37)26-28-44(41)46)32(2)51(48-30-36-16-6-9-19-39(36)40-20-10-11-21-43(40)48)33(3)50(31)47-25-13-23-42-38-18-8-5-15-35(38)27-29-45(42)47/h31-51H,4-30H2,1-3H3. The van der Waals surface area contributed by atoms with Gasteiger partial charge >= 0.3 is 0 Å². The number of fused-ring (bicyclic) bond motifs is 9. The highest BCUT2D eigenvalue weighted by Gasteiger charge is 2.60. The second-order valence-corrected chi connectivity index (χ2v) is 22.9. The summed E-state index contributed by atoms with van der Waals surface area (Å²) >= 11 is 0. The maximum absolute atomic E-state index is 2.95. The maximum atomic E-state index is 2.95. The third kappa shape index (κ3) is 6.05. The Morgan fingerprint density at radius 3 is 0.980 bits per heavy atom. The highest BCUT2D eigenvalue weighted by atomic mass is 14.6. The van der Waals surface area contributed by atoms with Crippen LogP contribution in [0.3, 0.4) is 0 Å². The number of rotatable bonds is 3. The van der Waals surface area contributed by atoms with Crippen molar-refractivity contribution in [1.29, 1.82) is 0 Å². The van der Waals surface area contributed by atoms with Crippen LogP contribution in [0.25, 0.3) is 0 Å². The molecule has 0 N–H and O–H groups in total. The maximum Gasteiger partial charge on any atom is -0.0326 e. The fraction of sp³-hybridized carbons (Fsp3) is 1.00. The smallest absolute Gasteiger partial charge is 0.0326 e. The fourth-order valence-corrected chi connectivity index (χ4v) is 20.5. The van der Waals surface area contributed by atoms with Gasteiger partial charge in [-0.05, 0) is 214 Å². The zero-order valence-corrected chi connectivity index (χ0v) is 34.2. The molecule has 0 heterocycles. The molecule has 0 aromatic heterocycles. The molecule has 19 atom stereocenters. The van der Waals surface area contributed by atoms with Crippen molar-refractivity contribution in [3.8, 4) is 0 Å². The second-order valence-electron chi connectivity index (χ2n) is 22.9. The van der Waals surface area contributed by atoms with Crippen molar-refractivity contribution >= 4 is 0 Å². The van der Waals surface area contributed by atoms with Crippen molar-refractivity contribution in [3.63, 3.8) is 0 Å². The third-order valence-corrected chi connectivity index (χ3v) is 21.8. The molecule has 10 saturated carbocycles. The van der Waals surface area contributed by atoms with Gasteiger partial charge in [0, 0.05) is 0 Å². The summed E-state index contributed by atoms with van der Waals surface area (Å²) < 4.78 is 0. The summed E-state index contributed by atoms with van der Waals surface area (Å²) in [7, 11) is 0. The van der Waals surface area contributed by atoms with Gasteiger partial charge in [0.05, 0.1) is 0 Å². The van der Waals surface area contributed by atoms with Crippen LogP contribution in [0.1, 0.15) is 194 Å². The summed E-state index contributed by atoms with van der Waals surface area (Å²) in [6.45, 7) is 8.86. The third-order valence-electron chi connectivity index (χ3n) is 21.8. The molecule has 0 saturated heterocycles. The fourth-order valence-electron chi connectivity index (χ4n) is 20.5. The topological polar surface area (TPSA) is 0 Å². The van der Waals surface area contributed by atoms with Crippen LogP contribution < -0.4 is 0 Å². The van der Waals surface area contributed by atoms with Crippen molar-refractivity contribution in [2.75, 3.05) is 0 Å². The number of hydrogen-bond donors (Lipinski definition) is 0. The first-order valence-electron chi connectivity index (χ1n) is 25.1. The van der Waals surface area contributed by atoms with E-state index in [1.807, 2.05) is 0 Å². The normalized spacial score (nSPS) is 57.4. The van der Waals surface area contributed by atoms with Crippen molar-refractivity contribution in [3.05, 3.63) is 0 Å². The van der Waals surface area contributed by atoms with E-state index in [1.54, 1.807) is 173 Å². The van der Waals surface area contributed by atoms with Crippen LogP contribution >= 0.6 is 0 Å². The Kier molecular flexibility index (Phi) is 10.3. The van der Waals surface area contributed by atoms with Crippen molar-refractivity contribution < 1.29 is 0 Å². The Balaban J connectivity index is 1.01. The van der Waals surface area contributed by atoms with E-state index < -0.39 is 0 Å². The van der Waals surface area contributed by atoms with Gasteiger partial charge < -0.3 is 0 Å². The first-order chi connectivity index (χ1) is 25.1. The molecule has 51 heavy (non-hydrogen) atoms. The van der Waals surface area contributed by atoms with Crippen LogP contribution in [0.5, 0.6) is 0 Å². The van der Waals surface area contributed by atoms with Gasteiger partial charge in [-0.3, -0.25) is 0 Å². The molecule has 0 aliphatic heterocycles. The van der Waals surface area contributed by atoms with Gasteiger partial charge in [0.15, 0.2) is 0 Å². The molecular formula is C51H84. The van der Waals surface area contributed by atoms with Crippen LogP contribution in [0.2, 0.25) is 0 Å². The lowest BCUT2D eigenvalue weighted by Crippen LogP contribution is -2.58. The van der Waals surface area contributed by atoms with E-state index in [4.69, 9.17) is 0 Å². The summed E-state index contributed by atoms with van der Waals surface area (Å²) in [6.07, 6.45) is 43.1. The predicted molar refractivity (Wildman–Crippen MR) is 215 cm³/mol. The summed E-state index contributed by atoms with van der Waals surface area (Å²) in [5.74, 6) is 22.5. The molecular weight excluding hydrogens is 613 g/mol. The minimum Gasteiger partial charge on any atom is -0.0619 e. The zero-order chi connectivity index (χ0) is 34.2.